The first-order chi connectivity index (χ1) is 9.61. The first kappa shape index (κ1) is 14.6. The molecule has 0 radical (unpaired) electrons. The van der Waals surface area contributed by atoms with E-state index in [1.165, 1.54) is 19.3 Å². The van der Waals surface area contributed by atoms with E-state index in [1.807, 2.05) is 19.1 Å². The minimum Gasteiger partial charge on any atom is -0.384 e. The molecule has 1 aromatic rings. The fourth-order valence-electron chi connectivity index (χ4n) is 2.38. The fraction of sp³-hybridized carbons (Fsp3) is 0.471. The van der Waals surface area contributed by atoms with Crippen molar-refractivity contribution in [2.75, 3.05) is 6.61 Å². The lowest BCUT2D eigenvalue weighted by Crippen LogP contribution is -2.40. The van der Waals surface area contributed by atoms with Gasteiger partial charge in [-0.25, -0.2) is 0 Å². The Morgan fingerprint density at radius 2 is 2.25 bits per heavy atom. The van der Waals surface area contributed by atoms with Gasteiger partial charge >= 0.3 is 0 Å². The first-order valence-electron chi connectivity index (χ1n) is 7.13. The van der Waals surface area contributed by atoms with E-state index in [4.69, 9.17) is 5.11 Å². The van der Waals surface area contributed by atoms with Gasteiger partial charge in [-0.05, 0) is 50.3 Å². The van der Waals surface area contributed by atoms with Crippen LogP contribution in [0.15, 0.2) is 18.2 Å². The zero-order valence-electron chi connectivity index (χ0n) is 12.1. The normalized spacial score (nSPS) is 15.8. The molecule has 1 saturated carbocycles. The molecule has 1 aromatic carbocycles. The number of amides is 1. The molecule has 3 nitrogen and oxygen atoms in total. The second kappa shape index (κ2) is 6.58. The number of nitrogens with one attached hydrogen (secondary N) is 1. The van der Waals surface area contributed by atoms with Gasteiger partial charge in [-0.15, -0.1) is 0 Å². The third-order valence-electron chi connectivity index (χ3n) is 4.02. The maximum atomic E-state index is 12.2. The summed E-state index contributed by atoms with van der Waals surface area (Å²) in [4.78, 5) is 12.2. The Morgan fingerprint density at radius 1 is 1.50 bits per heavy atom. The van der Waals surface area contributed by atoms with Gasteiger partial charge in [-0.2, -0.15) is 0 Å². The summed E-state index contributed by atoms with van der Waals surface area (Å²) in [6, 6.07) is 5.73. The molecule has 1 fully saturated rings. The van der Waals surface area contributed by atoms with Crippen LogP contribution in [0.4, 0.5) is 0 Å². The van der Waals surface area contributed by atoms with E-state index in [0.717, 1.165) is 11.1 Å². The Bertz CT molecular complexity index is 550. The summed E-state index contributed by atoms with van der Waals surface area (Å²) in [5, 5.41) is 11.8. The quantitative estimate of drug-likeness (QED) is 0.828. The molecule has 2 rings (SSSR count). The average molecular weight is 271 g/mol. The van der Waals surface area contributed by atoms with Gasteiger partial charge in [0.05, 0.1) is 0 Å². The molecule has 0 saturated heterocycles. The summed E-state index contributed by atoms with van der Waals surface area (Å²) < 4.78 is 0. The van der Waals surface area contributed by atoms with Gasteiger partial charge in [0.2, 0.25) is 0 Å². The summed E-state index contributed by atoms with van der Waals surface area (Å²) in [7, 11) is 0. The Balaban J connectivity index is 2.09. The second-order valence-corrected chi connectivity index (χ2v) is 5.44. The van der Waals surface area contributed by atoms with E-state index in [0.29, 0.717) is 11.5 Å². The van der Waals surface area contributed by atoms with E-state index in [-0.39, 0.29) is 18.6 Å². The van der Waals surface area contributed by atoms with E-state index in [9.17, 15) is 4.79 Å². The zero-order chi connectivity index (χ0) is 14.5. The molecule has 1 aliphatic rings. The smallest absolute Gasteiger partial charge is 0.251 e. The Morgan fingerprint density at radius 3 is 2.85 bits per heavy atom. The van der Waals surface area contributed by atoms with Crippen LogP contribution in [0, 0.1) is 24.7 Å². The number of benzene rings is 1. The lowest BCUT2D eigenvalue weighted by molar-refractivity contribution is 0.0909. The van der Waals surface area contributed by atoms with E-state index in [1.54, 1.807) is 6.07 Å². The van der Waals surface area contributed by atoms with Gasteiger partial charge in [0.1, 0.15) is 6.61 Å². The Labute approximate surface area is 120 Å². The van der Waals surface area contributed by atoms with Gasteiger partial charge in [-0.1, -0.05) is 24.3 Å². The van der Waals surface area contributed by atoms with Crippen molar-refractivity contribution in [3.8, 4) is 11.8 Å². The number of hydrogen-bond acceptors (Lipinski definition) is 2. The predicted molar refractivity (Wildman–Crippen MR) is 79.4 cm³/mol. The molecule has 0 aliphatic heterocycles. The van der Waals surface area contributed by atoms with E-state index >= 15 is 0 Å². The highest BCUT2D eigenvalue weighted by Crippen LogP contribution is 2.29. The maximum absolute atomic E-state index is 12.2. The lowest BCUT2D eigenvalue weighted by atomic mass is 9.80. The molecular weight excluding hydrogens is 250 g/mol. The highest BCUT2D eigenvalue weighted by atomic mass is 16.2. The molecule has 106 valence electrons. The van der Waals surface area contributed by atoms with Crippen LogP contribution in [0.3, 0.4) is 0 Å². The monoisotopic (exact) mass is 271 g/mol. The summed E-state index contributed by atoms with van der Waals surface area (Å²) in [5.74, 6) is 6.08. The van der Waals surface area contributed by atoms with Crippen LogP contribution in [-0.4, -0.2) is 23.7 Å². The van der Waals surface area contributed by atoms with Gasteiger partial charge in [0, 0.05) is 17.2 Å². The topological polar surface area (TPSA) is 49.3 Å². The minimum atomic E-state index is -0.172. The Hall–Kier alpha value is -1.79. The van der Waals surface area contributed by atoms with Gasteiger partial charge < -0.3 is 10.4 Å². The molecular formula is C17H21NO2. The highest BCUT2D eigenvalue weighted by Gasteiger charge is 2.25. The van der Waals surface area contributed by atoms with Crippen LogP contribution in [-0.2, 0) is 0 Å². The third-order valence-corrected chi connectivity index (χ3v) is 4.02. The average Bonchev–Trinajstić information content (AvgIpc) is 2.35. The molecule has 1 unspecified atom stereocenters. The molecule has 0 aromatic heterocycles. The number of aryl methyl sites for hydroxylation is 1. The predicted octanol–water partition coefficient (Wildman–Crippen LogP) is 2.26. The van der Waals surface area contributed by atoms with Crippen LogP contribution in [0.1, 0.15) is 47.7 Å². The number of carbonyl (C=O) groups excluding carboxylic acids is 1. The fourth-order valence-corrected chi connectivity index (χ4v) is 2.38. The summed E-state index contributed by atoms with van der Waals surface area (Å²) in [6.45, 7) is 3.84. The standard InChI is InChI=1S/C17H21NO2/c1-12-8-9-16(11-15(12)7-4-10-19)17(20)18-13(2)14-5-3-6-14/h8-9,11,13-14,19H,3,5-6,10H2,1-2H3,(H,18,20). The molecule has 1 aliphatic carbocycles. The molecule has 0 spiro atoms. The first-order valence-corrected chi connectivity index (χ1v) is 7.13. The Kier molecular flexibility index (Phi) is 4.81. The summed E-state index contributed by atoms with van der Waals surface area (Å²) >= 11 is 0. The highest BCUT2D eigenvalue weighted by molar-refractivity contribution is 5.94. The van der Waals surface area contributed by atoms with Crippen molar-refractivity contribution in [3.63, 3.8) is 0 Å². The summed E-state index contributed by atoms with van der Waals surface area (Å²) in [5.41, 5.74) is 2.43. The van der Waals surface area contributed by atoms with Crippen LogP contribution in [0.2, 0.25) is 0 Å². The molecule has 0 heterocycles. The number of hydrogen-bond donors (Lipinski definition) is 2. The van der Waals surface area contributed by atoms with Crippen molar-refractivity contribution in [1.82, 2.24) is 5.32 Å². The molecule has 1 atom stereocenters. The number of carbonyl (C=O) groups is 1. The van der Waals surface area contributed by atoms with Crippen molar-refractivity contribution in [1.29, 1.82) is 0 Å². The number of aliphatic hydroxyl groups excluding tert-OH is 1. The second-order valence-electron chi connectivity index (χ2n) is 5.44. The molecule has 20 heavy (non-hydrogen) atoms. The molecule has 2 N–H and O–H groups in total. The van der Waals surface area contributed by atoms with Crippen LogP contribution in [0.25, 0.3) is 0 Å². The van der Waals surface area contributed by atoms with Crippen molar-refractivity contribution in [3.05, 3.63) is 34.9 Å². The molecule has 0 bridgehead atoms. The van der Waals surface area contributed by atoms with Crippen molar-refractivity contribution in [2.45, 2.75) is 39.2 Å². The van der Waals surface area contributed by atoms with Gasteiger partial charge in [-0.3, -0.25) is 4.79 Å². The third kappa shape index (κ3) is 3.40. The SMILES string of the molecule is Cc1ccc(C(=O)NC(C)C2CCC2)cc1C#CCO. The molecule has 1 amide bonds. The largest absolute Gasteiger partial charge is 0.384 e. The zero-order valence-corrected chi connectivity index (χ0v) is 12.1. The summed E-state index contributed by atoms with van der Waals surface area (Å²) in [6.07, 6.45) is 3.70. The lowest BCUT2D eigenvalue weighted by Gasteiger charge is -2.31. The maximum Gasteiger partial charge on any atom is 0.251 e. The van der Waals surface area contributed by atoms with Crippen LogP contribution >= 0.6 is 0 Å². The number of aliphatic hydroxyl groups is 1. The van der Waals surface area contributed by atoms with Crippen molar-refractivity contribution >= 4 is 5.91 Å². The van der Waals surface area contributed by atoms with E-state index in [2.05, 4.69) is 24.1 Å². The van der Waals surface area contributed by atoms with E-state index < -0.39 is 0 Å². The van der Waals surface area contributed by atoms with Crippen molar-refractivity contribution in [2.24, 2.45) is 5.92 Å². The van der Waals surface area contributed by atoms with Gasteiger partial charge in [0.15, 0.2) is 0 Å². The number of rotatable bonds is 3. The minimum absolute atomic E-state index is 0.0450. The van der Waals surface area contributed by atoms with Gasteiger partial charge in [0.25, 0.3) is 5.91 Å². The van der Waals surface area contributed by atoms with Crippen LogP contribution in [0.5, 0.6) is 0 Å². The van der Waals surface area contributed by atoms with Crippen LogP contribution < -0.4 is 5.32 Å². The van der Waals surface area contributed by atoms with Crippen molar-refractivity contribution < 1.29 is 9.90 Å². The molecule has 3 heteroatoms.